The molecule has 0 atom stereocenters. The van der Waals surface area contributed by atoms with Gasteiger partial charge in [-0.2, -0.15) is 0 Å². The Labute approximate surface area is 134 Å². The fourth-order valence-corrected chi connectivity index (χ4v) is 5.12. The summed E-state index contributed by atoms with van der Waals surface area (Å²) in [5.74, 6) is 0.178. The molecule has 1 aliphatic carbocycles. The zero-order valence-corrected chi connectivity index (χ0v) is 14.6. The lowest BCUT2D eigenvalue weighted by Gasteiger charge is -2.07. The molecule has 3 heteroatoms. The summed E-state index contributed by atoms with van der Waals surface area (Å²) >= 11 is 3.52. The van der Waals surface area contributed by atoms with Crippen LogP contribution in [0.4, 0.5) is 0 Å². The molecule has 2 aromatic rings. The van der Waals surface area contributed by atoms with Crippen molar-refractivity contribution < 1.29 is 4.79 Å². The minimum Gasteiger partial charge on any atom is -0.294 e. The average molecular weight is 316 g/mol. The van der Waals surface area contributed by atoms with E-state index in [1.54, 1.807) is 18.3 Å². The SMILES string of the molecule is CC(=O)c1cc(C2=C(c3cc(C)sc3C)CCC2)c(C)s1. The van der Waals surface area contributed by atoms with Crippen molar-refractivity contribution in [1.29, 1.82) is 0 Å². The highest BCUT2D eigenvalue weighted by Gasteiger charge is 2.22. The first-order chi connectivity index (χ1) is 9.97. The van der Waals surface area contributed by atoms with Crippen molar-refractivity contribution in [2.24, 2.45) is 0 Å². The Balaban J connectivity index is 2.13. The van der Waals surface area contributed by atoms with Crippen LogP contribution in [0.3, 0.4) is 0 Å². The van der Waals surface area contributed by atoms with Gasteiger partial charge >= 0.3 is 0 Å². The highest BCUT2D eigenvalue weighted by atomic mass is 32.1. The first kappa shape index (κ1) is 14.7. The predicted octanol–water partition coefficient (Wildman–Crippen LogP) is 6.03. The van der Waals surface area contributed by atoms with E-state index in [2.05, 4.69) is 32.9 Å². The molecular formula is C18H20OS2. The fourth-order valence-electron chi connectivity index (χ4n) is 3.22. The Bertz CT molecular complexity index is 743. The summed E-state index contributed by atoms with van der Waals surface area (Å²) in [6.07, 6.45) is 3.53. The molecule has 0 saturated carbocycles. The molecule has 110 valence electrons. The maximum absolute atomic E-state index is 11.6. The minimum atomic E-state index is 0.178. The van der Waals surface area contributed by atoms with E-state index in [0.717, 1.165) is 17.7 Å². The molecule has 1 aliphatic rings. The first-order valence-electron chi connectivity index (χ1n) is 7.38. The number of aryl methyl sites for hydroxylation is 3. The highest BCUT2D eigenvalue weighted by Crippen LogP contribution is 2.44. The van der Waals surface area contributed by atoms with Gasteiger partial charge in [-0.05, 0) is 81.4 Å². The molecule has 21 heavy (non-hydrogen) atoms. The van der Waals surface area contributed by atoms with Crippen LogP contribution < -0.4 is 0 Å². The Kier molecular flexibility index (Phi) is 3.89. The fraction of sp³-hybridized carbons (Fsp3) is 0.389. The van der Waals surface area contributed by atoms with Crippen LogP contribution in [0.15, 0.2) is 12.1 Å². The maximum atomic E-state index is 11.6. The van der Waals surface area contributed by atoms with Crippen LogP contribution in [0, 0.1) is 20.8 Å². The van der Waals surface area contributed by atoms with Crippen molar-refractivity contribution in [2.75, 3.05) is 0 Å². The number of allylic oxidation sites excluding steroid dienone is 2. The van der Waals surface area contributed by atoms with Gasteiger partial charge in [0.05, 0.1) is 4.88 Å². The summed E-state index contributed by atoms with van der Waals surface area (Å²) in [5, 5.41) is 0. The van der Waals surface area contributed by atoms with Crippen LogP contribution in [-0.2, 0) is 0 Å². The zero-order valence-electron chi connectivity index (χ0n) is 13.0. The largest absolute Gasteiger partial charge is 0.294 e. The molecule has 0 aromatic carbocycles. The van der Waals surface area contributed by atoms with Crippen molar-refractivity contribution in [3.05, 3.63) is 42.8 Å². The van der Waals surface area contributed by atoms with Crippen molar-refractivity contribution >= 4 is 39.6 Å². The third-order valence-corrected chi connectivity index (χ3v) is 6.29. The molecule has 3 rings (SSSR count). The van der Waals surface area contributed by atoms with Gasteiger partial charge in [0, 0.05) is 14.6 Å². The number of carbonyl (C=O) groups excluding carboxylic acids is 1. The number of hydrogen-bond donors (Lipinski definition) is 0. The molecule has 0 amide bonds. The van der Waals surface area contributed by atoms with E-state index in [-0.39, 0.29) is 5.78 Å². The lowest BCUT2D eigenvalue weighted by molar-refractivity contribution is 0.102. The van der Waals surface area contributed by atoms with E-state index in [0.29, 0.717) is 0 Å². The van der Waals surface area contributed by atoms with E-state index >= 15 is 0 Å². The number of hydrogen-bond acceptors (Lipinski definition) is 3. The van der Waals surface area contributed by atoms with Crippen molar-refractivity contribution in [3.63, 3.8) is 0 Å². The topological polar surface area (TPSA) is 17.1 Å². The lowest BCUT2D eigenvalue weighted by atomic mass is 9.97. The maximum Gasteiger partial charge on any atom is 0.169 e. The summed E-state index contributed by atoms with van der Waals surface area (Å²) in [5.41, 5.74) is 5.71. The second-order valence-electron chi connectivity index (χ2n) is 5.77. The average Bonchev–Trinajstić information content (AvgIpc) is 3.07. The summed E-state index contributed by atoms with van der Waals surface area (Å²) < 4.78 is 0. The van der Waals surface area contributed by atoms with E-state index < -0.39 is 0 Å². The van der Waals surface area contributed by atoms with E-state index in [1.807, 2.05) is 11.3 Å². The first-order valence-corrected chi connectivity index (χ1v) is 9.02. The monoisotopic (exact) mass is 316 g/mol. The number of Topliss-reactive ketones (excluding diaryl/α,β-unsaturated/α-hetero) is 1. The van der Waals surface area contributed by atoms with Gasteiger partial charge in [0.1, 0.15) is 0 Å². The molecule has 0 radical (unpaired) electrons. The molecule has 2 aromatic heterocycles. The van der Waals surface area contributed by atoms with Crippen molar-refractivity contribution in [1.82, 2.24) is 0 Å². The van der Waals surface area contributed by atoms with E-state index in [1.165, 1.54) is 43.3 Å². The van der Waals surface area contributed by atoms with Gasteiger partial charge in [-0.25, -0.2) is 0 Å². The van der Waals surface area contributed by atoms with Crippen LogP contribution in [0.25, 0.3) is 11.1 Å². The summed E-state index contributed by atoms with van der Waals surface area (Å²) in [4.78, 5) is 16.6. The lowest BCUT2D eigenvalue weighted by Crippen LogP contribution is -1.88. The Hall–Kier alpha value is -1.19. The third kappa shape index (κ3) is 2.65. The second-order valence-corrected chi connectivity index (χ2v) is 8.49. The standard InChI is InChI=1S/C18H20OS2/c1-10-8-16(12(3)20-10)14-6-5-7-15(14)17-9-18(11(2)19)21-13(17)4/h8-9H,5-7H2,1-4H3. The summed E-state index contributed by atoms with van der Waals surface area (Å²) in [7, 11) is 0. The molecular weight excluding hydrogens is 296 g/mol. The van der Waals surface area contributed by atoms with Gasteiger partial charge in [0.2, 0.25) is 0 Å². The number of carbonyl (C=O) groups is 1. The van der Waals surface area contributed by atoms with Crippen molar-refractivity contribution in [2.45, 2.75) is 47.0 Å². The van der Waals surface area contributed by atoms with Gasteiger partial charge in [-0.1, -0.05) is 0 Å². The van der Waals surface area contributed by atoms with Crippen LogP contribution in [0.1, 0.15) is 61.6 Å². The number of rotatable bonds is 3. The normalized spacial score (nSPS) is 15.0. The van der Waals surface area contributed by atoms with E-state index in [4.69, 9.17) is 0 Å². The van der Waals surface area contributed by atoms with Gasteiger partial charge in [0.15, 0.2) is 5.78 Å². The van der Waals surface area contributed by atoms with Gasteiger partial charge in [0.25, 0.3) is 0 Å². The van der Waals surface area contributed by atoms with Crippen LogP contribution in [0.5, 0.6) is 0 Å². The van der Waals surface area contributed by atoms with E-state index in [9.17, 15) is 4.79 Å². The Morgan fingerprint density at radius 1 is 0.952 bits per heavy atom. The quantitative estimate of drug-likeness (QED) is 0.632. The van der Waals surface area contributed by atoms with Crippen LogP contribution >= 0.6 is 22.7 Å². The molecule has 0 bridgehead atoms. The third-order valence-electron chi connectivity index (χ3n) is 4.17. The molecule has 1 nitrogen and oxygen atoms in total. The highest BCUT2D eigenvalue weighted by molar-refractivity contribution is 7.14. The zero-order chi connectivity index (χ0) is 15.1. The van der Waals surface area contributed by atoms with Crippen molar-refractivity contribution in [3.8, 4) is 0 Å². The minimum absolute atomic E-state index is 0.178. The van der Waals surface area contributed by atoms with Gasteiger partial charge < -0.3 is 0 Å². The smallest absolute Gasteiger partial charge is 0.169 e. The summed E-state index contributed by atoms with van der Waals surface area (Å²) in [6.45, 7) is 8.20. The second kappa shape index (κ2) is 5.54. The molecule has 0 fully saturated rings. The molecule has 0 N–H and O–H groups in total. The Morgan fingerprint density at radius 3 is 2.00 bits per heavy atom. The molecule has 0 spiro atoms. The number of ketones is 1. The van der Waals surface area contributed by atoms with Gasteiger partial charge in [-0.15, -0.1) is 22.7 Å². The molecule has 2 heterocycles. The van der Waals surface area contributed by atoms with Crippen LogP contribution in [-0.4, -0.2) is 5.78 Å². The predicted molar refractivity (Wildman–Crippen MR) is 93.5 cm³/mol. The van der Waals surface area contributed by atoms with Crippen LogP contribution in [0.2, 0.25) is 0 Å². The number of thiophene rings is 2. The van der Waals surface area contributed by atoms with Gasteiger partial charge in [-0.3, -0.25) is 4.79 Å². The molecule has 0 aliphatic heterocycles. The Morgan fingerprint density at radius 2 is 1.52 bits per heavy atom. The molecule has 0 saturated heterocycles. The summed E-state index contributed by atoms with van der Waals surface area (Å²) in [6, 6.07) is 4.44. The molecule has 0 unspecified atom stereocenters.